The van der Waals surface area contributed by atoms with Crippen molar-refractivity contribution in [1.82, 2.24) is 19.4 Å². The zero-order chi connectivity index (χ0) is 14.3. The lowest BCUT2D eigenvalue weighted by atomic mass is 10.1. The first-order chi connectivity index (χ1) is 9.56. The minimum absolute atomic E-state index is 0.100. The van der Waals surface area contributed by atoms with E-state index in [2.05, 4.69) is 16.5 Å². The molecule has 3 rings (SSSR count). The third-order valence-corrected chi connectivity index (χ3v) is 4.22. The van der Waals surface area contributed by atoms with Gasteiger partial charge in [-0.25, -0.2) is 9.97 Å². The van der Waals surface area contributed by atoms with Crippen molar-refractivity contribution in [1.29, 1.82) is 0 Å². The van der Waals surface area contributed by atoms with Crippen molar-refractivity contribution in [2.75, 3.05) is 20.1 Å². The zero-order valence-electron chi connectivity index (χ0n) is 12.3. The summed E-state index contributed by atoms with van der Waals surface area (Å²) in [5.74, 6) is 0.945. The minimum atomic E-state index is -0.100. The van der Waals surface area contributed by atoms with Gasteiger partial charge in [0.25, 0.3) is 0 Å². The van der Waals surface area contributed by atoms with E-state index in [1.807, 2.05) is 26.0 Å². The summed E-state index contributed by atoms with van der Waals surface area (Å²) < 4.78 is 2.27. The van der Waals surface area contributed by atoms with Gasteiger partial charge in [-0.15, -0.1) is 11.6 Å². The van der Waals surface area contributed by atoms with Gasteiger partial charge in [-0.1, -0.05) is 0 Å². The van der Waals surface area contributed by atoms with Crippen LogP contribution in [0.3, 0.4) is 0 Å². The number of fused-ring (bicyclic) bond motifs is 1. The van der Waals surface area contributed by atoms with Gasteiger partial charge in [0.15, 0.2) is 5.65 Å². The lowest BCUT2D eigenvalue weighted by Crippen LogP contribution is -2.34. The molecule has 4 nitrogen and oxygen atoms in total. The van der Waals surface area contributed by atoms with E-state index in [1.54, 1.807) is 0 Å². The molecule has 1 saturated heterocycles. The van der Waals surface area contributed by atoms with E-state index in [-0.39, 0.29) is 5.38 Å². The quantitative estimate of drug-likeness (QED) is 0.797. The maximum atomic E-state index is 6.35. The van der Waals surface area contributed by atoms with Crippen LogP contribution >= 0.6 is 11.6 Å². The van der Waals surface area contributed by atoms with Crippen molar-refractivity contribution < 1.29 is 0 Å². The molecule has 20 heavy (non-hydrogen) atoms. The molecule has 108 valence electrons. The summed E-state index contributed by atoms with van der Waals surface area (Å²) in [6.45, 7) is 6.21. The highest BCUT2D eigenvalue weighted by Crippen LogP contribution is 2.31. The SMILES string of the molecule is Cc1ccc2nc(C(C)Cl)n(C3CCCN(C)C3)c2n1. The van der Waals surface area contributed by atoms with Crippen LogP contribution < -0.4 is 0 Å². The summed E-state index contributed by atoms with van der Waals surface area (Å²) in [6.07, 6.45) is 2.38. The predicted molar refractivity (Wildman–Crippen MR) is 82.3 cm³/mol. The Morgan fingerprint density at radius 2 is 2.15 bits per heavy atom. The Hall–Kier alpha value is -1.13. The largest absolute Gasteiger partial charge is 0.307 e. The molecule has 0 saturated carbocycles. The molecule has 2 atom stereocenters. The maximum absolute atomic E-state index is 6.35. The second kappa shape index (κ2) is 5.34. The second-order valence-electron chi connectivity index (χ2n) is 5.81. The molecule has 0 radical (unpaired) electrons. The zero-order valence-corrected chi connectivity index (χ0v) is 13.1. The van der Waals surface area contributed by atoms with Gasteiger partial charge in [0, 0.05) is 18.3 Å². The van der Waals surface area contributed by atoms with Crippen LogP contribution in [0.2, 0.25) is 0 Å². The van der Waals surface area contributed by atoms with Crippen LogP contribution in [-0.2, 0) is 0 Å². The van der Waals surface area contributed by atoms with Crippen LogP contribution in [0.5, 0.6) is 0 Å². The Labute approximate surface area is 124 Å². The highest BCUT2D eigenvalue weighted by Gasteiger charge is 2.25. The molecule has 0 aromatic carbocycles. The molecule has 1 fully saturated rings. The minimum Gasteiger partial charge on any atom is -0.307 e. The van der Waals surface area contributed by atoms with E-state index in [1.165, 1.54) is 19.4 Å². The topological polar surface area (TPSA) is 34.0 Å². The molecule has 0 aliphatic carbocycles. The highest BCUT2D eigenvalue weighted by molar-refractivity contribution is 6.20. The van der Waals surface area contributed by atoms with Crippen molar-refractivity contribution in [3.05, 3.63) is 23.7 Å². The van der Waals surface area contributed by atoms with Gasteiger partial charge in [0.05, 0.1) is 5.38 Å². The normalized spacial score (nSPS) is 22.3. The summed E-state index contributed by atoms with van der Waals surface area (Å²) in [5, 5.41) is -0.100. The summed E-state index contributed by atoms with van der Waals surface area (Å²) in [4.78, 5) is 11.8. The Morgan fingerprint density at radius 3 is 2.85 bits per heavy atom. The monoisotopic (exact) mass is 292 g/mol. The van der Waals surface area contributed by atoms with Crippen molar-refractivity contribution in [3.8, 4) is 0 Å². The first kappa shape index (κ1) is 13.8. The molecule has 5 heteroatoms. The third kappa shape index (κ3) is 2.42. The molecular formula is C15H21ClN4. The number of halogens is 1. The van der Waals surface area contributed by atoms with Gasteiger partial charge >= 0.3 is 0 Å². The number of nitrogens with zero attached hydrogens (tertiary/aromatic N) is 4. The van der Waals surface area contributed by atoms with Gasteiger partial charge in [0.2, 0.25) is 0 Å². The number of piperidine rings is 1. The van der Waals surface area contributed by atoms with Gasteiger partial charge < -0.3 is 9.47 Å². The van der Waals surface area contributed by atoms with Crippen molar-refractivity contribution in [3.63, 3.8) is 0 Å². The Bertz CT molecular complexity index is 620. The third-order valence-electron chi connectivity index (χ3n) is 4.02. The number of imidazole rings is 1. The number of rotatable bonds is 2. The number of likely N-dealkylation sites (tertiary alicyclic amines) is 1. The van der Waals surface area contributed by atoms with Gasteiger partial charge in [-0.05, 0) is 52.4 Å². The van der Waals surface area contributed by atoms with Crippen molar-refractivity contribution in [2.24, 2.45) is 0 Å². The number of aryl methyl sites for hydroxylation is 1. The Morgan fingerprint density at radius 1 is 1.35 bits per heavy atom. The molecule has 2 unspecified atom stereocenters. The molecule has 0 amide bonds. The lowest BCUT2D eigenvalue weighted by Gasteiger charge is -2.31. The van der Waals surface area contributed by atoms with Crippen LogP contribution in [0.4, 0.5) is 0 Å². The maximum Gasteiger partial charge on any atom is 0.160 e. The fraction of sp³-hybridized carbons (Fsp3) is 0.600. The number of pyridine rings is 1. The molecule has 0 N–H and O–H groups in total. The molecule has 0 spiro atoms. The highest BCUT2D eigenvalue weighted by atomic mass is 35.5. The summed E-state index contributed by atoms with van der Waals surface area (Å²) >= 11 is 6.35. The molecular weight excluding hydrogens is 272 g/mol. The molecule has 1 aliphatic rings. The van der Waals surface area contributed by atoms with Gasteiger partial charge in [0.1, 0.15) is 11.3 Å². The van der Waals surface area contributed by atoms with Crippen LogP contribution in [0, 0.1) is 6.92 Å². The summed E-state index contributed by atoms with van der Waals surface area (Å²) in [6, 6.07) is 4.47. The van der Waals surface area contributed by atoms with E-state index in [9.17, 15) is 0 Å². The Kier molecular flexibility index (Phi) is 3.69. The van der Waals surface area contributed by atoms with Crippen LogP contribution in [-0.4, -0.2) is 39.6 Å². The molecule has 3 heterocycles. The van der Waals surface area contributed by atoms with E-state index in [4.69, 9.17) is 21.6 Å². The first-order valence-electron chi connectivity index (χ1n) is 7.24. The summed E-state index contributed by atoms with van der Waals surface area (Å²) in [7, 11) is 2.17. The van der Waals surface area contributed by atoms with Gasteiger partial charge in [-0.2, -0.15) is 0 Å². The fourth-order valence-corrected chi connectivity index (χ4v) is 3.23. The van der Waals surface area contributed by atoms with Gasteiger partial charge in [-0.3, -0.25) is 0 Å². The molecule has 2 aromatic rings. The second-order valence-corrected chi connectivity index (χ2v) is 6.46. The average Bonchev–Trinajstić information content (AvgIpc) is 2.77. The van der Waals surface area contributed by atoms with E-state index >= 15 is 0 Å². The van der Waals surface area contributed by atoms with Crippen molar-refractivity contribution in [2.45, 2.75) is 38.1 Å². The standard InChI is InChI=1S/C15H21ClN4/c1-10-6-7-13-15(17-10)20(14(18-13)11(2)16)12-5-4-8-19(3)9-12/h6-7,11-12H,4-5,8-9H2,1-3H3. The van der Waals surface area contributed by atoms with Crippen LogP contribution in [0.25, 0.3) is 11.2 Å². The molecule has 2 aromatic heterocycles. The number of alkyl halides is 1. The number of aromatic nitrogens is 3. The Balaban J connectivity index is 2.14. The van der Waals surface area contributed by atoms with Crippen LogP contribution in [0.15, 0.2) is 12.1 Å². The average molecular weight is 293 g/mol. The van der Waals surface area contributed by atoms with E-state index in [0.29, 0.717) is 6.04 Å². The lowest BCUT2D eigenvalue weighted by molar-refractivity contribution is 0.212. The smallest absolute Gasteiger partial charge is 0.160 e. The fourth-order valence-electron chi connectivity index (χ4n) is 3.08. The number of likely N-dealkylation sites (N-methyl/N-ethyl adjacent to an activating group) is 1. The van der Waals surface area contributed by atoms with Crippen molar-refractivity contribution >= 4 is 22.8 Å². The van der Waals surface area contributed by atoms with Crippen LogP contribution in [0.1, 0.15) is 42.7 Å². The number of hydrogen-bond acceptors (Lipinski definition) is 3. The number of hydrogen-bond donors (Lipinski definition) is 0. The summed E-state index contributed by atoms with van der Waals surface area (Å²) in [5.41, 5.74) is 2.95. The van der Waals surface area contributed by atoms with E-state index in [0.717, 1.165) is 29.2 Å². The molecule has 0 bridgehead atoms. The first-order valence-corrected chi connectivity index (χ1v) is 7.68. The molecule has 1 aliphatic heterocycles. The van der Waals surface area contributed by atoms with E-state index < -0.39 is 0 Å². The predicted octanol–water partition coefficient (Wildman–Crippen LogP) is 3.31.